The van der Waals surface area contributed by atoms with E-state index in [0.717, 1.165) is 32.8 Å². The van der Waals surface area contributed by atoms with Crippen LogP contribution in [0.15, 0.2) is 0 Å². The molecule has 2 saturated heterocycles. The van der Waals surface area contributed by atoms with E-state index in [0.29, 0.717) is 45.8 Å². The van der Waals surface area contributed by atoms with Crippen molar-refractivity contribution in [3.05, 3.63) is 0 Å². The monoisotopic (exact) mass is 393 g/mol. The van der Waals surface area contributed by atoms with Crippen molar-refractivity contribution in [1.82, 2.24) is 14.1 Å². The number of hydrogen-bond donors (Lipinski definition) is 0. The normalized spacial score (nSPS) is 20.4. The van der Waals surface area contributed by atoms with Gasteiger partial charge in [0, 0.05) is 59.3 Å². The van der Waals surface area contributed by atoms with Gasteiger partial charge in [0.15, 0.2) is 0 Å². The maximum absolute atomic E-state index is 12.3. The van der Waals surface area contributed by atoms with Crippen LogP contribution in [-0.4, -0.2) is 120 Å². The van der Waals surface area contributed by atoms with Crippen LogP contribution in [0.1, 0.15) is 6.42 Å². The highest BCUT2D eigenvalue weighted by atomic mass is 32.2. The Morgan fingerprint density at radius 2 is 1.69 bits per heavy atom. The third-order valence-electron chi connectivity index (χ3n) is 4.65. The van der Waals surface area contributed by atoms with E-state index in [1.165, 1.54) is 4.31 Å². The predicted molar refractivity (Wildman–Crippen MR) is 96.5 cm³/mol. The summed E-state index contributed by atoms with van der Waals surface area (Å²) in [6, 6.07) is 0. The first-order valence-corrected chi connectivity index (χ1v) is 10.8. The molecule has 0 atom stereocenters. The number of rotatable bonds is 10. The van der Waals surface area contributed by atoms with Gasteiger partial charge in [-0.1, -0.05) is 0 Å². The molecule has 0 aromatic rings. The van der Waals surface area contributed by atoms with E-state index in [9.17, 15) is 13.2 Å². The Bertz CT molecular complexity index is 516. The van der Waals surface area contributed by atoms with Crippen molar-refractivity contribution in [2.24, 2.45) is 0 Å². The van der Waals surface area contributed by atoms with Crippen LogP contribution >= 0.6 is 0 Å². The molecule has 0 N–H and O–H groups in total. The largest absolute Gasteiger partial charge is 0.382 e. The molecule has 1 amide bonds. The van der Waals surface area contributed by atoms with Crippen LogP contribution in [0.2, 0.25) is 0 Å². The van der Waals surface area contributed by atoms with Gasteiger partial charge in [-0.05, 0) is 0 Å². The maximum Gasteiger partial charge on any atom is 0.223 e. The van der Waals surface area contributed by atoms with Crippen LogP contribution < -0.4 is 0 Å². The first-order valence-electron chi connectivity index (χ1n) is 9.15. The fourth-order valence-electron chi connectivity index (χ4n) is 2.99. The summed E-state index contributed by atoms with van der Waals surface area (Å²) in [6.07, 6.45) is 0.472. The summed E-state index contributed by atoms with van der Waals surface area (Å²) in [4.78, 5) is 16.3. The molecule has 10 heteroatoms. The van der Waals surface area contributed by atoms with E-state index in [4.69, 9.17) is 14.2 Å². The maximum atomic E-state index is 12.3. The number of morpholine rings is 1. The molecule has 0 aromatic carbocycles. The number of hydrogen-bond acceptors (Lipinski definition) is 7. The Morgan fingerprint density at radius 3 is 2.35 bits per heavy atom. The lowest BCUT2D eigenvalue weighted by molar-refractivity contribution is -0.133. The number of piperazine rings is 1. The van der Waals surface area contributed by atoms with Crippen LogP contribution in [0.25, 0.3) is 0 Å². The zero-order chi connectivity index (χ0) is 18.8. The molecule has 152 valence electrons. The van der Waals surface area contributed by atoms with E-state index < -0.39 is 10.0 Å². The van der Waals surface area contributed by atoms with Gasteiger partial charge in [0.2, 0.25) is 15.9 Å². The third-order valence-corrected chi connectivity index (χ3v) is 6.48. The minimum Gasteiger partial charge on any atom is -0.382 e. The van der Waals surface area contributed by atoms with Crippen LogP contribution in [0.3, 0.4) is 0 Å². The Balaban J connectivity index is 1.66. The fraction of sp³-hybridized carbons (Fsp3) is 0.938. The Labute approximate surface area is 156 Å². The topological polar surface area (TPSA) is 88.6 Å². The summed E-state index contributed by atoms with van der Waals surface area (Å²) in [5.74, 6) is 0.0539. The molecule has 2 heterocycles. The van der Waals surface area contributed by atoms with E-state index >= 15 is 0 Å². The highest BCUT2D eigenvalue weighted by molar-refractivity contribution is 7.89. The molecule has 0 radical (unpaired) electrons. The molecular weight excluding hydrogens is 362 g/mol. The van der Waals surface area contributed by atoms with Gasteiger partial charge in [-0.25, -0.2) is 8.42 Å². The summed E-state index contributed by atoms with van der Waals surface area (Å²) in [7, 11) is -1.77. The smallest absolute Gasteiger partial charge is 0.223 e. The van der Waals surface area contributed by atoms with E-state index in [-0.39, 0.29) is 18.3 Å². The van der Waals surface area contributed by atoms with Crippen molar-refractivity contribution in [2.45, 2.75) is 6.42 Å². The Kier molecular flexibility index (Phi) is 9.23. The number of ether oxygens (including phenoxy) is 3. The quantitative estimate of drug-likeness (QED) is 0.433. The summed E-state index contributed by atoms with van der Waals surface area (Å²) in [5.41, 5.74) is 0. The highest BCUT2D eigenvalue weighted by Gasteiger charge is 2.28. The average molecular weight is 394 g/mol. The van der Waals surface area contributed by atoms with Crippen molar-refractivity contribution in [3.8, 4) is 0 Å². The lowest BCUT2D eigenvalue weighted by Gasteiger charge is -2.34. The number of nitrogens with zero attached hydrogens (tertiary/aromatic N) is 3. The average Bonchev–Trinajstić information content (AvgIpc) is 2.67. The summed E-state index contributed by atoms with van der Waals surface area (Å²) in [6.45, 7) is 6.51. The zero-order valence-corrected chi connectivity index (χ0v) is 16.4. The van der Waals surface area contributed by atoms with Crippen LogP contribution in [0.5, 0.6) is 0 Å². The SMILES string of the molecule is COCCOCCS(=O)(=O)N1CCN(C(=O)CCN2CCOCC2)CC1. The second-order valence-corrected chi connectivity index (χ2v) is 8.49. The van der Waals surface area contributed by atoms with Gasteiger partial charge < -0.3 is 19.1 Å². The molecule has 26 heavy (non-hydrogen) atoms. The van der Waals surface area contributed by atoms with Crippen molar-refractivity contribution in [3.63, 3.8) is 0 Å². The standard InChI is InChI=1S/C16H31N3O6S/c1-23-12-13-25-14-15-26(21,22)19-6-4-18(5-7-19)16(20)2-3-17-8-10-24-11-9-17/h2-15H2,1H3. The number of carbonyl (C=O) groups excluding carboxylic acids is 1. The van der Waals surface area contributed by atoms with Crippen molar-refractivity contribution < 1.29 is 27.4 Å². The Morgan fingerprint density at radius 1 is 1.00 bits per heavy atom. The second kappa shape index (κ2) is 11.2. The summed E-state index contributed by atoms with van der Waals surface area (Å²) >= 11 is 0. The summed E-state index contributed by atoms with van der Waals surface area (Å²) in [5, 5.41) is 0. The number of amides is 1. The Hall–Kier alpha value is -0.780. The molecule has 0 bridgehead atoms. The van der Waals surface area contributed by atoms with Gasteiger partial charge in [0.05, 0.1) is 38.8 Å². The van der Waals surface area contributed by atoms with Gasteiger partial charge in [0.25, 0.3) is 0 Å². The number of methoxy groups -OCH3 is 1. The molecule has 2 fully saturated rings. The molecule has 0 unspecified atom stereocenters. The first-order chi connectivity index (χ1) is 12.5. The van der Waals surface area contributed by atoms with Gasteiger partial charge in [0.1, 0.15) is 0 Å². The molecule has 2 rings (SSSR count). The van der Waals surface area contributed by atoms with E-state index in [2.05, 4.69) is 4.90 Å². The number of sulfonamides is 1. The van der Waals surface area contributed by atoms with Crippen molar-refractivity contribution in [2.75, 3.05) is 91.7 Å². The zero-order valence-electron chi connectivity index (χ0n) is 15.6. The van der Waals surface area contributed by atoms with E-state index in [1.807, 2.05) is 0 Å². The minimum absolute atomic E-state index is 0.0400. The van der Waals surface area contributed by atoms with Crippen LogP contribution in [0.4, 0.5) is 0 Å². The first kappa shape index (κ1) is 21.5. The van der Waals surface area contributed by atoms with E-state index in [1.54, 1.807) is 12.0 Å². The van der Waals surface area contributed by atoms with Gasteiger partial charge in [-0.2, -0.15) is 4.31 Å². The third kappa shape index (κ3) is 7.09. The predicted octanol–water partition coefficient (Wildman–Crippen LogP) is -1.15. The highest BCUT2D eigenvalue weighted by Crippen LogP contribution is 2.10. The van der Waals surface area contributed by atoms with Gasteiger partial charge in [-0.15, -0.1) is 0 Å². The lowest BCUT2D eigenvalue weighted by Crippen LogP contribution is -2.51. The molecule has 0 saturated carbocycles. The molecule has 0 aliphatic carbocycles. The van der Waals surface area contributed by atoms with Crippen molar-refractivity contribution in [1.29, 1.82) is 0 Å². The number of carbonyl (C=O) groups is 1. The lowest BCUT2D eigenvalue weighted by atomic mass is 10.3. The van der Waals surface area contributed by atoms with Gasteiger partial charge in [-0.3, -0.25) is 9.69 Å². The molecule has 0 spiro atoms. The molecular formula is C16H31N3O6S. The molecule has 2 aliphatic rings. The van der Waals surface area contributed by atoms with Crippen molar-refractivity contribution >= 4 is 15.9 Å². The summed E-state index contributed by atoms with van der Waals surface area (Å²) < 4.78 is 41.5. The van der Waals surface area contributed by atoms with Gasteiger partial charge >= 0.3 is 0 Å². The van der Waals surface area contributed by atoms with Crippen LogP contribution in [0, 0.1) is 0 Å². The minimum atomic E-state index is -3.34. The molecule has 2 aliphatic heterocycles. The second-order valence-electron chi connectivity index (χ2n) is 6.41. The molecule has 9 nitrogen and oxygen atoms in total. The molecule has 0 aromatic heterocycles. The van der Waals surface area contributed by atoms with Crippen LogP contribution in [-0.2, 0) is 29.0 Å². The fourth-order valence-corrected chi connectivity index (χ4v) is 4.30.